The van der Waals surface area contributed by atoms with E-state index in [0.29, 0.717) is 32.0 Å². The minimum absolute atomic E-state index is 0.0214. The minimum atomic E-state index is -0.776. The maximum atomic E-state index is 13.9. The van der Waals surface area contributed by atoms with Crippen molar-refractivity contribution in [2.24, 2.45) is 0 Å². The van der Waals surface area contributed by atoms with Gasteiger partial charge in [0, 0.05) is 44.8 Å². The molecule has 0 spiro atoms. The molecule has 13 nitrogen and oxygen atoms in total. The average molecular weight is 581 g/mol. The van der Waals surface area contributed by atoms with Crippen LogP contribution in [0.2, 0.25) is 10.3 Å². The molecule has 2 fully saturated rings. The molecule has 3 aromatic rings. The number of hydrogen-bond donors (Lipinski definition) is 3. The fraction of sp³-hybridized carbons (Fsp3) is 0.478. The number of H-pyrrole nitrogens is 1. The molecule has 2 aliphatic heterocycles. The number of carbonyl (C=O) groups excluding carboxylic acids is 1. The van der Waals surface area contributed by atoms with Crippen LogP contribution in [0.4, 0.5) is 21.8 Å². The minimum Gasteiger partial charge on any atom is -0.386 e. The van der Waals surface area contributed by atoms with Crippen LogP contribution in [0.3, 0.4) is 0 Å². The summed E-state index contributed by atoms with van der Waals surface area (Å²) in [5.74, 6) is -1.52. The van der Waals surface area contributed by atoms with Gasteiger partial charge in [-0.2, -0.15) is 0 Å². The quantitative estimate of drug-likeness (QED) is 0.376. The van der Waals surface area contributed by atoms with E-state index in [1.807, 2.05) is 4.90 Å². The molecule has 5 heterocycles. The summed E-state index contributed by atoms with van der Waals surface area (Å²) >= 11 is 12.1. The number of aromatic nitrogens is 5. The molecule has 0 aromatic carbocycles. The normalized spacial score (nSPS) is 19.0. The summed E-state index contributed by atoms with van der Waals surface area (Å²) in [5.41, 5.74) is 12.0. The van der Waals surface area contributed by atoms with Gasteiger partial charge >= 0.3 is 5.76 Å². The highest BCUT2D eigenvalue weighted by Crippen LogP contribution is 2.32. The van der Waals surface area contributed by atoms with Gasteiger partial charge in [-0.25, -0.2) is 29.2 Å². The Hall–Kier alpha value is -3.49. The highest BCUT2D eigenvalue weighted by atomic mass is 35.5. The van der Waals surface area contributed by atoms with Crippen molar-refractivity contribution in [3.05, 3.63) is 38.3 Å². The van der Waals surface area contributed by atoms with Crippen molar-refractivity contribution in [2.75, 3.05) is 49.1 Å². The molecule has 0 saturated carbocycles. The standard InChI is InChI=1S/C23H27Cl2FN10O3/c1-2-11-10-35(20-17(25)29-15(19(28)31-20)21-32-33-23(38)39-21)7-8-36(11)12-3-5-34(6-4-12)22(37)13-9-14(26)16(24)30-18(13)27/h9,11-12H,2-8,10H2,1H3,(H2,27,30)(H2,28,31)(H,33,38). The topological polar surface area (TPSA) is 176 Å². The zero-order chi connectivity index (χ0) is 27.8. The van der Waals surface area contributed by atoms with E-state index in [1.165, 1.54) is 0 Å². The molecule has 0 bridgehead atoms. The van der Waals surface area contributed by atoms with E-state index in [9.17, 15) is 14.0 Å². The van der Waals surface area contributed by atoms with Crippen molar-refractivity contribution >= 4 is 46.6 Å². The number of halogens is 3. The summed E-state index contributed by atoms with van der Waals surface area (Å²) in [4.78, 5) is 42.9. The summed E-state index contributed by atoms with van der Waals surface area (Å²) in [5, 5.41) is 5.68. The van der Waals surface area contributed by atoms with Gasteiger partial charge in [0.2, 0.25) is 0 Å². The number of hydrogen-bond acceptors (Lipinski definition) is 11. The fourth-order valence-electron chi connectivity index (χ4n) is 5.24. The number of carbonyl (C=O) groups is 1. The zero-order valence-electron chi connectivity index (χ0n) is 21.0. The number of pyridine rings is 1. The summed E-state index contributed by atoms with van der Waals surface area (Å²) in [7, 11) is 0. The van der Waals surface area contributed by atoms with Gasteiger partial charge in [0.15, 0.2) is 33.5 Å². The van der Waals surface area contributed by atoms with Crippen molar-refractivity contribution in [2.45, 2.75) is 38.3 Å². The zero-order valence-corrected chi connectivity index (χ0v) is 22.5. The van der Waals surface area contributed by atoms with Crippen LogP contribution >= 0.6 is 23.2 Å². The van der Waals surface area contributed by atoms with Gasteiger partial charge in [0.1, 0.15) is 5.82 Å². The van der Waals surface area contributed by atoms with Gasteiger partial charge in [-0.3, -0.25) is 9.69 Å². The van der Waals surface area contributed by atoms with Gasteiger partial charge in [0.05, 0.1) is 5.56 Å². The van der Waals surface area contributed by atoms with Crippen LogP contribution in [-0.2, 0) is 0 Å². The summed E-state index contributed by atoms with van der Waals surface area (Å²) < 4.78 is 18.8. The molecule has 39 heavy (non-hydrogen) atoms. The summed E-state index contributed by atoms with van der Waals surface area (Å²) in [6.07, 6.45) is 2.42. The first-order chi connectivity index (χ1) is 18.7. The van der Waals surface area contributed by atoms with E-state index < -0.39 is 11.6 Å². The second-order valence-electron chi connectivity index (χ2n) is 9.45. The largest absolute Gasteiger partial charge is 0.434 e. The van der Waals surface area contributed by atoms with E-state index >= 15 is 0 Å². The van der Waals surface area contributed by atoms with Crippen LogP contribution in [0.1, 0.15) is 36.5 Å². The molecule has 0 aliphatic carbocycles. The molecular formula is C23H27Cl2FN10O3. The average Bonchev–Trinajstić information content (AvgIpc) is 3.37. The number of piperidine rings is 1. The van der Waals surface area contributed by atoms with Crippen LogP contribution in [-0.4, -0.2) is 85.7 Å². The Morgan fingerprint density at radius 2 is 1.87 bits per heavy atom. The van der Waals surface area contributed by atoms with Gasteiger partial charge in [0.25, 0.3) is 11.8 Å². The van der Waals surface area contributed by atoms with Crippen LogP contribution in [0.5, 0.6) is 0 Å². The molecular weight excluding hydrogens is 554 g/mol. The lowest BCUT2D eigenvalue weighted by molar-refractivity contribution is 0.0491. The number of rotatable bonds is 5. The number of likely N-dealkylation sites (tertiary alicyclic amines) is 1. The second-order valence-corrected chi connectivity index (χ2v) is 10.2. The van der Waals surface area contributed by atoms with Crippen LogP contribution in [0.25, 0.3) is 11.6 Å². The lowest BCUT2D eigenvalue weighted by atomic mass is 9.97. The Morgan fingerprint density at radius 1 is 1.13 bits per heavy atom. The maximum absolute atomic E-state index is 13.9. The lowest BCUT2D eigenvalue weighted by Gasteiger charge is -2.47. The van der Waals surface area contributed by atoms with E-state index in [4.69, 9.17) is 39.1 Å². The molecule has 1 atom stereocenters. The number of nitrogens with two attached hydrogens (primary N) is 2. The van der Waals surface area contributed by atoms with E-state index in [-0.39, 0.29) is 57.1 Å². The Morgan fingerprint density at radius 3 is 2.54 bits per heavy atom. The lowest BCUT2D eigenvalue weighted by Crippen LogP contribution is -2.58. The van der Waals surface area contributed by atoms with Crippen molar-refractivity contribution in [3.8, 4) is 11.6 Å². The third kappa shape index (κ3) is 5.36. The number of anilines is 3. The summed E-state index contributed by atoms with van der Waals surface area (Å²) in [6, 6.07) is 1.53. The molecule has 5 rings (SSSR count). The maximum Gasteiger partial charge on any atom is 0.434 e. The number of nitrogen functional groups attached to an aromatic ring is 2. The number of nitrogens with one attached hydrogen (secondary N) is 1. The predicted molar refractivity (Wildman–Crippen MR) is 143 cm³/mol. The van der Waals surface area contributed by atoms with Gasteiger partial charge < -0.3 is 25.7 Å². The van der Waals surface area contributed by atoms with Crippen molar-refractivity contribution in [1.29, 1.82) is 0 Å². The molecule has 208 valence electrons. The van der Waals surface area contributed by atoms with Crippen molar-refractivity contribution < 1.29 is 13.6 Å². The number of piperazine rings is 1. The molecule has 5 N–H and O–H groups in total. The van der Waals surface area contributed by atoms with Crippen molar-refractivity contribution in [1.82, 2.24) is 34.9 Å². The highest BCUT2D eigenvalue weighted by Gasteiger charge is 2.35. The van der Waals surface area contributed by atoms with Gasteiger partial charge in [-0.15, -0.1) is 5.10 Å². The molecule has 1 unspecified atom stereocenters. The van der Waals surface area contributed by atoms with E-state index in [2.05, 4.69) is 37.0 Å². The molecule has 3 aromatic heterocycles. The first-order valence-electron chi connectivity index (χ1n) is 12.5. The first kappa shape index (κ1) is 27.1. The van der Waals surface area contributed by atoms with E-state index in [1.54, 1.807) is 4.90 Å². The number of amides is 1. The summed E-state index contributed by atoms with van der Waals surface area (Å²) in [6.45, 7) is 5.21. The van der Waals surface area contributed by atoms with Crippen LogP contribution in [0, 0.1) is 5.82 Å². The van der Waals surface area contributed by atoms with Crippen LogP contribution in [0.15, 0.2) is 15.3 Å². The van der Waals surface area contributed by atoms with Crippen molar-refractivity contribution in [3.63, 3.8) is 0 Å². The van der Waals surface area contributed by atoms with Gasteiger partial charge in [-0.1, -0.05) is 30.1 Å². The Labute approximate surface area is 232 Å². The monoisotopic (exact) mass is 580 g/mol. The first-order valence-corrected chi connectivity index (χ1v) is 13.2. The predicted octanol–water partition coefficient (Wildman–Crippen LogP) is 2.03. The van der Waals surface area contributed by atoms with Gasteiger partial charge in [-0.05, 0) is 25.3 Å². The number of aromatic amines is 1. The highest BCUT2D eigenvalue weighted by molar-refractivity contribution is 6.32. The molecule has 2 aliphatic rings. The molecule has 1 amide bonds. The third-order valence-electron chi connectivity index (χ3n) is 7.22. The molecule has 2 saturated heterocycles. The van der Waals surface area contributed by atoms with Crippen LogP contribution < -0.4 is 22.1 Å². The third-order valence-corrected chi connectivity index (χ3v) is 7.74. The Balaban J connectivity index is 1.24. The van der Waals surface area contributed by atoms with E-state index in [0.717, 1.165) is 31.9 Å². The molecule has 0 radical (unpaired) electrons. The Kier molecular flexibility index (Phi) is 7.60. The number of nitrogens with zero attached hydrogens (tertiary/aromatic N) is 7. The second kappa shape index (κ2) is 10.9. The Bertz CT molecular complexity index is 1440. The fourth-order valence-corrected chi connectivity index (χ4v) is 5.63. The SMILES string of the molecule is CCC1CN(c2nc(N)c(-c3n[nH]c(=O)o3)nc2Cl)CCN1C1CCN(C(=O)c2cc(F)c(Cl)nc2N)CC1. The smallest absolute Gasteiger partial charge is 0.386 e. The molecule has 16 heteroatoms.